The zero-order valence-corrected chi connectivity index (χ0v) is 16.2. The number of alkyl halides is 3. The van der Waals surface area contributed by atoms with Gasteiger partial charge < -0.3 is 4.74 Å². The van der Waals surface area contributed by atoms with Gasteiger partial charge in [-0.3, -0.25) is 0 Å². The molecule has 4 rings (SSSR count). The smallest absolute Gasteiger partial charge is 0.399 e. The van der Waals surface area contributed by atoms with Crippen molar-refractivity contribution in [2.24, 2.45) is 0 Å². The summed E-state index contributed by atoms with van der Waals surface area (Å²) in [6.07, 6.45) is -1.40. The maximum absolute atomic E-state index is 14.1. The Balaban J connectivity index is 1.69. The predicted octanol–water partition coefficient (Wildman–Crippen LogP) is 7.25. The van der Waals surface area contributed by atoms with Gasteiger partial charge in [0.2, 0.25) is 5.75 Å². The molecule has 3 aromatic rings. The Hall–Kier alpha value is -2.89. The second-order valence-electron chi connectivity index (χ2n) is 7.43. The fourth-order valence-electron chi connectivity index (χ4n) is 4.01. The molecule has 6 heteroatoms. The van der Waals surface area contributed by atoms with E-state index in [-0.39, 0.29) is 5.56 Å². The monoisotopic (exact) mass is 418 g/mol. The molecule has 0 atom stereocenters. The van der Waals surface area contributed by atoms with Gasteiger partial charge >= 0.3 is 6.36 Å². The van der Waals surface area contributed by atoms with Crippen LogP contribution < -0.4 is 4.74 Å². The molecule has 0 saturated heterocycles. The van der Waals surface area contributed by atoms with E-state index in [1.165, 1.54) is 11.1 Å². The van der Waals surface area contributed by atoms with E-state index in [4.69, 9.17) is 0 Å². The molecular formula is C24H19F5O. The Morgan fingerprint density at radius 1 is 0.800 bits per heavy atom. The molecule has 1 aliphatic carbocycles. The molecule has 0 amide bonds. The summed E-state index contributed by atoms with van der Waals surface area (Å²) in [6.45, 7) is 2.14. The Morgan fingerprint density at radius 3 is 2.00 bits per heavy atom. The number of ether oxygens (including phenoxy) is 1. The maximum Gasteiger partial charge on any atom is 0.573 e. The maximum atomic E-state index is 14.1. The highest BCUT2D eigenvalue weighted by molar-refractivity contribution is 5.77. The van der Waals surface area contributed by atoms with E-state index in [1.807, 2.05) is 12.1 Å². The van der Waals surface area contributed by atoms with E-state index in [2.05, 4.69) is 29.9 Å². The number of halogens is 5. The van der Waals surface area contributed by atoms with Crippen LogP contribution in [0.4, 0.5) is 22.0 Å². The van der Waals surface area contributed by atoms with Crippen molar-refractivity contribution in [3.63, 3.8) is 0 Å². The number of aryl methyl sites for hydroxylation is 3. The predicted molar refractivity (Wildman–Crippen MR) is 105 cm³/mol. The number of rotatable bonds is 4. The lowest BCUT2D eigenvalue weighted by Crippen LogP contribution is -2.19. The summed E-state index contributed by atoms with van der Waals surface area (Å²) in [7, 11) is 0. The quantitative estimate of drug-likeness (QED) is 0.406. The van der Waals surface area contributed by atoms with E-state index in [1.54, 1.807) is 6.07 Å². The largest absolute Gasteiger partial charge is 0.573 e. The molecule has 0 bridgehead atoms. The highest BCUT2D eigenvalue weighted by Crippen LogP contribution is 2.38. The molecule has 0 unspecified atom stereocenters. The molecule has 0 N–H and O–H groups in total. The summed E-state index contributed by atoms with van der Waals surface area (Å²) in [4.78, 5) is 0. The Morgan fingerprint density at radius 2 is 1.40 bits per heavy atom. The molecular weight excluding hydrogens is 399 g/mol. The second kappa shape index (κ2) is 7.74. The summed E-state index contributed by atoms with van der Waals surface area (Å²) in [6, 6.07) is 13.7. The molecule has 1 aliphatic rings. The lowest BCUT2D eigenvalue weighted by molar-refractivity contribution is -0.276. The lowest BCUT2D eigenvalue weighted by atomic mass is 9.83. The fraction of sp³-hybridized carbons (Fsp3) is 0.250. The fourth-order valence-corrected chi connectivity index (χ4v) is 4.01. The summed E-state index contributed by atoms with van der Waals surface area (Å²) in [5.41, 5.74) is 6.55. The average Bonchev–Trinajstić information content (AvgIpc) is 2.69. The van der Waals surface area contributed by atoms with E-state index in [0.717, 1.165) is 54.5 Å². The first-order valence-corrected chi connectivity index (χ1v) is 9.75. The summed E-state index contributed by atoms with van der Waals surface area (Å²) in [5.74, 6) is -4.23. The molecule has 3 aromatic carbocycles. The topological polar surface area (TPSA) is 9.23 Å². The van der Waals surface area contributed by atoms with Gasteiger partial charge in [0.15, 0.2) is 11.6 Å². The van der Waals surface area contributed by atoms with Gasteiger partial charge in [0.25, 0.3) is 0 Å². The molecule has 0 fully saturated rings. The molecule has 156 valence electrons. The van der Waals surface area contributed by atoms with Gasteiger partial charge in [0.1, 0.15) is 0 Å². The molecule has 1 nitrogen and oxygen atoms in total. The second-order valence-corrected chi connectivity index (χ2v) is 7.43. The minimum absolute atomic E-state index is 0.159. The molecule has 0 saturated carbocycles. The van der Waals surface area contributed by atoms with Gasteiger partial charge in [-0.15, -0.1) is 13.2 Å². The number of hydrogen-bond donors (Lipinski definition) is 0. The van der Waals surface area contributed by atoms with Gasteiger partial charge in [0.05, 0.1) is 0 Å². The van der Waals surface area contributed by atoms with Crippen molar-refractivity contribution < 1.29 is 26.7 Å². The zero-order chi connectivity index (χ0) is 21.5. The highest BCUT2D eigenvalue weighted by atomic mass is 19.4. The van der Waals surface area contributed by atoms with E-state index < -0.39 is 23.7 Å². The van der Waals surface area contributed by atoms with Gasteiger partial charge in [-0.25, -0.2) is 8.78 Å². The van der Waals surface area contributed by atoms with Crippen molar-refractivity contribution in [3.05, 3.63) is 76.9 Å². The molecule has 30 heavy (non-hydrogen) atoms. The van der Waals surface area contributed by atoms with Crippen LogP contribution in [-0.2, 0) is 19.3 Å². The van der Waals surface area contributed by atoms with Gasteiger partial charge in [-0.1, -0.05) is 49.7 Å². The van der Waals surface area contributed by atoms with Crippen LogP contribution in [0.15, 0.2) is 48.5 Å². The zero-order valence-electron chi connectivity index (χ0n) is 16.2. The van der Waals surface area contributed by atoms with E-state index >= 15 is 0 Å². The van der Waals surface area contributed by atoms with Crippen LogP contribution in [0.25, 0.3) is 22.3 Å². The third-order valence-corrected chi connectivity index (χ3v) is 5.32. The van der Waals surface area contributed by atoms with E-state index in [9.17, 15) is 22.0 Å². The molecule has 0 heterocycles. The van der Waals surface area contributed by atoms with E-state index in [0.29, 0.717) is 5.56 Å². The Bertz CT molecular complexity index is 1080. The van der Waals surface area contributed by atoms with Crippen molar-refractivity contribution in [3.8, 4) is 28.0 Å². The van der Waals surface area contributed by atoms with Crippen LogP contribution in [-0.4, -0.2) is 6.36 Å². The van der Waals surface area contributed by atoms with Crippen molar-refractivity contribution in [2.45, 2.75) is 39.0 Å². The standard InChI is InChI=1S/C24H19F5O/c1-2-3-14-4-8-19-16(10-14)5-6-17-11-15(7-9-20(17)19)18-12-21(25)23(22(26)13-18)30-24(27,28)29/h4,7-13H,2-3,5-6H2,1H3. The minimum Gasteiger partial charge on any atom is -0.399 e. The van der Waals surface area contributed by atoms with Gasteiger partial charge in [-0.05, 0) is 70.3 Å². The Labute approximate surface area is 171 Å². The van der Waals surface area contributed by atoms with Gasteiger partial charge in [0, 0.05) is 0 Å². The van der Waals surface area contributed by atoms with Crippen molar-refractivity contribution in [1.82, 2.24) is 0 Å². The molecule has 0 aliphatic heterocycles. The number of benzene rings is 3. The lowest BCUT2D eigenvalue weighted by Gasteiger charge is -2.22. The highest BCUT2D eigenvalue weighted by Gasteiger charge is 2.34. The average molecular weight is 418 g/mol. The van der Waals surface area contributed by atoms with Crippen LogP contribution in [0.1, 0.15) is 30.0 Å². The normalized spacial score (nSPS) is 13.0. The molecule has 0 spiro atoms. The molecule has 0 aromatic heterocycles. The summed E-state index contributed by atoms with van der Waals surface area (Å²) in [5, 5.41) is 0. The first kappa shape index (κ1) is 20.4. The van der Waals surface area contributed by atoms with Crippen molar-refractivity contribution in [1.29, 1.82) is 0 Å². The first-order valence-electron chi connectivity index (χ1n) is 9.75. The SMILES string of the molecule is CCCc1ccc2c(c1)CCc1cc(-c3cc(F)c(OC(F)(F)F)c(F)c3)ccc1-2. The third kappa shape index (κ3) is 4.04. The van der Waals surface area contributed by atoms with Crippen molar-refractivity contribution in [2.75, 3.05) is 0 Å². The van der Waals surface area contributed by atoms with Crippen molar-refractivity contribution >= 4 is 0 Å². The van der Waals surface area contributed by atoms with Crippen LogP contribution in [0.3, 0.4) is 0 Å². The first-order chi connectivity index (χ1) is 14.2. The number of hydrogen-bond acceptors (Lipinski definition) is 1. The Kier molecular flexibility index (Phi) is 5.26. The van der Waals surface area contributed by atoms with Gasteiger partial charge in [-0.2, -0.15) is 0 Å². The minimum atomic E-state index is -5.17. The summed E-state index contributed by atoms with van der Waals surface area (Å²) >= 11 is 0. The van der Waals surface area contributed by atoms with Crippen LogP contribution >= 0.6 is 0 Å². The summed E-state index contributed by atoms with van der Waals surface area (Å²) < 4.78 is 68.7. The number of fused-ring (bicyclic) bond motifs is 3. The third-order valence-electron chi connectivity index (χ3n) is 5.32. The van der Waals surface area contributed by atoms with Crippen LogP contribution in [0.2, 0.25) is 0 Å². The van der Waals surface area contributed by atoms with Crippen LogP contribution in [0.5, 0.6) is 5.75 Å². The molecule has 0 radical (unpaired) electrons. The van der Waals surface area contributed by atoms with Crippen LogP contribution in [0, 0.1) is 11.6 Å².